The molecule has 3 amide bonds. The lowest BCUT2D eigenvalue weighted by Crippen LogP contribution is -2.55. The Bertz CT molecular complexity index is 1320. The largest absolute Gasteiger partial charge is 0.274 e. The van der Waals surface area contributed by atoms with E-state index in [1.54, 1.807) is 36.4 Å². The van der Waals surface area contributed by atoms with Gasteiger partial charge in [0.2, 0.25) is 0 Å². The van der Waals surface area contributed by atoms with Gasteiger partial charge in [-0.1, -0.05) is 98.2 Å². The van der Waals surface area contributed by atoms with E-state index >= 15 is 0 Å². The maximum atomic E-state index is 13.9. The second-order valence-electron chi connectivity index (χ2n) is 8.54. The Morgan fingerprint density at radius 1 is 0.861 bits per heavy atom. The molecule has 2 fully saturated rings. The van der Waals surface area contributed by atoms with Crippen LogP contribution in [0.4, 0.5) is 0 Å². The van der Waals surface area contributed by atoms with Gasteiger partial charge in [0.1, 0.15) is 9.75 Å². The van der Waals surface area contributed by atoms with Crippen LogP contribution in [-0.2, 0) is 16.1 Å². The second kappa shape index (κ2) is 8.92. The summed E-state index contributed by atoms with van der Waals surface area (Å²) in [6.07, 6.45) is 0. The highest BCUT2D eigenvalue weighted by Crippen LogP contribution is 2.77. The number of nitrogens with zero attached hydrogens (tertiary/aromatic N) is 2. The Balaban J connectivity index is 1.63. The predicted molar refractivity (Wildman–Crippen MR) is 145 cm³/mol. The van der Waals surface area contributed by atoms with E-state index in [0.29, 0.717) is 5.56 Å². The Morgan fingerprint density at radius 2 is 1.36 bits per heavy atom. The molecule has 0 aromatic heterocycles. The molecule has 13 heteroatoms. The quantitative estimate of drug-likeness (QED) is 0.254. The Kier molecular flexibility index (Phi) is 6.66. The Morgan fingerprint density at radius 3 is 1.86 bits per heavy atom. The highest BCUT2D eigenvalue weighted by atomic mass is 79.9. The van der Waals surface area contributed by atoms with Crippen LogP contribution < -0.4 is 0 Å². The summed E-state index contributed by atoms with van der Waals surface area (Å²) in [5.41, 5.74) is 0.704. The Hall–Kier alpha value is -0.700. The van der Waals surface area contributed by atoms with Gasteiger partial charge in [0.05, 0.1) is 39.0 Å². The van der Waals surface area contributed by atoms with Crippen molar-refractivity contribution in [1.29, 1.82) is 0 Å². The molecule has 5 rings (SSSR count). The molecule has 0 radical (unpaired) electrons. The van der Waals surface area contributed by atoms with Crippen LogP contribution in [-0.4, -0.2) is 41.8 Å². The van der Waals surface area contributed by atoms with E-state index in [1.807, 2.05) is 0 Å². The molecule has 0 N–H and O–H groups in total. The summed E-state index contributed by atoms with van der Waals surface area (Å²) in [4.78, 5) is 37.5. The predicted octanol–water partition coefficient (Wildman–Crippen LogP) is 7.11. The number of hydrogen-bond donors (Lipinski definition) is 0. The van der Waals surface area contributed by atoms with E-state index in [-0.39, 0.29) is 27.2 Å². The van der Waals surface area contributed by atoms with Crippen LogP contribution in [0.2, 0.25) is 5.02 Å². The molecule has 1 heterocycles. The van der Waals surface area contributed by atoms with E-state index in [2.05, 4.69) is 15.9 Å². The molecule has 3 aliphatic rings. The third-order valence-corrected chi connectivity index (χ3v) is 11.8. The average molecular weight is 692 g/mol. The van der Waals surface area contributed by atoms with Crippen LogP contribution in [0.15, 0.2) is 63.1 Å². The molecule has 2 aliphatic carbocycles. The molecule has 1 aliphatic heterocycles. The van der Waals surface area contributed by atoms with Crippen LogP contribution in [0.25, 0.3) is 0 Å². The first-order valence-corrected chi connectivity index (χ1v) is 13.7. The van der Waals surface area contributed by atoms with Crippen molar-refractivity contribution in [2.24, 2.45) is 11.8 Å². The third-order valence-electron chi connectivity index (χ3n) is 6.71. The third kappa shape index (κ3) is 3.32. The molecule has 4 atom stereocenters. The standard InChI is InChI=1S/C23H12BrCl7N2O3/c24-11-7-5-10(6-8-11)9-32(18(34)12-3-1-2-4-13(12)25)33-19(35)14-15(20(33)36)22(29)17(27)16(26)21(14,28)23(22,30)31/h1-8,14-15H,9H2/t14-,15+,21-,22-/m1/s1. The SMILES string of the molecule is O=C(c1ccccc1Cl)N(Cc1ccc(Br)cc1)N1C(=O)[C@@H]2[C@H](C1=O)[C@@]1(Cl)C(Cl)=C(Cl)[C@@]2(Cl)C1(Cl)Cl. The van der Waals surface area contributed by atoms with E-state index in [4.69, 9.17) is 81.2 Å². The van der Waals surface area contributed by atoms with Crippen molar-refractivity contribution in [1.82, 2.24) is 10.0 Å². The van der Waals surface area contributed by atoms with Crippen molar-refractivity contribution in [3.63, 3.8) is 0 Å². The molecule has 0 spiro atoms. The van der Waals surface area contributed by atoms with Crippen LogP contribution in [0.1, 0.15) is 15.9 Å². The van der Waals surface area contributed by atoms with Crippen molar-refractivity contribution in [3.8, 4) is 0 Å². The molecular formula is C23H12BrCl7N2O3. The molecule has 36 heavy (non-hydrogen) atoms. The number of hydrazine groups is 1. The van der Waals surface area contributed by atoms with Crippen LogP contribution >= 0.6 is 97.1 Å². The van der Waals surface area contributed by atoms with Gasteiger partial charge >= 0.3 is 0 Å². The number of carbonyl (C=O) groups excluding carboxylic acids is 3. The summed E-state index contributed by atoms with van der Waals surface area (Å²) in [6.45, 7) is -0.152. The summed E-state index contributed by atoms with van der Waals surface area (Å²) in [5, 5.41) is 1.43. The van der Waals surface area contributed by atoms with Crippen molar-refractivity contribution < 1.29 is 14.4 Å². The van der Waals surface area contributed by atoms with E-state index in [9.17, 15) is 14.4 Å². The maximum absolute atomic E-state index is 13.9. The number of fused-ring (bicyclic) bond motifs is 5. The molecule has 188 valence electrons. The van der Waals surface area contributed by atoms with Gasteiger partial charge in [-0.05, 0) is 29.8 Å². The molecule has 2 bridgehead atoms. The minimum atomic E-state index is -2.08. The molecule has 5 nitrogen and oxygen atoms in total. The molecule has 1 saturated carbocycles. The van der Waals surface area contributed by atoms with Gasteiger partial charge in [-0.25, -0.2) is 5.01 Å². The van der Waals surface area contributed by atoms with Crippen molar-refractivity contribution in [2.45, 2.75) is 20.6 Å². The first-order chi connectivity index (χ1) is 16.8. The summed E-state index contributed by atoms with van der Waals surface area (Å²) in [6, 6.07) is 13.3. The molecule has 0 unspecified atom stereocenters. The van der Waals surface area contributed by atoms with Crippen molar-refractivity contribution in [2.75, 3.05) is 0 Å². The number of alkyl halides is 4. The lowest BCUT2D eigenvalue weighted by Gasteiger charge is -2.37. The van der Waals surface area contributed by atoms with Crippen molar-refractivity contribution in [3.05, 3.63) is 79.2 Å². The first-order valence-electron chi connectivity index (χ1n) is 10.3. The van der Waals surface area contributed by atoms with Crippen LogP contribution in [0, 0.1) is 11.8 Å². The zero-order chi connectivity index (χ0) is 26.4. The molecule has 1 saturated heterocycles. The second-order valence-corrected chi connectivity index (χ2v) is 13.1. The van der Waals surface area contributed by atoms with Crippen molar-refractivity contribution >= 4 is 115 Å². The van der Waals surface area contributed by atoms with Gasteiger partial charge in [0.15, 0.2) is 4.33 Å². The van der Waals surface area contributed by atoms with E-state index < -0.39 is 43.6 Å². The van der Waals surface area contributed by atoms with Gasteiger partial charge in [-0.3, -0.25) is 14.4 Å². The molecule has 2 aromatic rings. The average Bonchev–Trinajstić information content (AvgIpc) is 3.22. The number of benzene rings is 2. The monoisotopic (exact) mass is 688 g/mol. The number of rotatable bonds is 4. The summed E-state index contributed by atoms with van der Waals surface area (Å²) in [7, 11) is 0. The summed E-state index contributed by atoms with van der Waals surface area (Å²) >= 11 is 49.1. The topological polar surface area (TPSA) is 57.7 Å². The van der Waals surface area contributed by atoms with E-state index in [1.165, 1.54) is 12.1 Å². The zero-order valence-corrected chi connectivity index (χ0v) is 24.5. The minimum Gasteiger partial charge on any atom is -0.272 e. The fourth-order valence-corrected chi connectivity index (χ4v) is 8.40. The van der Waals surface area contributed by atoms with Gasteiger partial charge in [-0.2, -0.15) is 5.01 Å². The summed E-state index contributed by atoms with van der Waals surface area (Å²) < 4.78 is -1.27. The number of hydrogen-bond acceptors (Lipinski definition) is 3. The zero-order valence-electron chi connectivity index (χ0n) is 17.6. The van der Waals surface area contributed by atoms with Gasteiger partial charge in [-0.15, -0.1) is 23.2 Å². The van der Waals surface area contributed by atoms with Gasteiger partial charge < -0.3 is 0 Å². The summed E-state index contributed by atoms with van der Waals surface area (Å²) in [5.74, 6) is -5.12. The van der Waals surface area contributed by atoms with Crippen LogP contribution in [0.3, 0.4) is 0 Å². The smallest absolute Gasteiger partial charge is 0.272 e. The minimum absolute atomic E-state index is 0.0799. The maximum Gasteiger partial charge on any atom is 0.274 e. The normalized spacial score (nSPS) is 30.3. The highest BCUT2D eigenvalue weighted by molar-refractivity contribution is 9.10. The van der Waals surface area contributed by atoms with Gasteiger partial charge in [0, 0.05) is 4.47 Å². The van der Waals surface area contributed by atoms with E-state index in [0.717, 1.165) is 14.5 Å². The first kappa shape index (κ1) is 26.9. The number of imide groups is 1. The van der Waals surface area contributed by atoms with Crippen LogP contribution in [0.5, 0.6) is 0 Å². The molecule has 2 aromatic carbocycles. The van der Waals surface area contributed by atoms with Gasteiger partial charge in [0.25, 0.3) is 17.7 Å². The lowest BCUT2D eigenvalue weighted by molar-refractivity contribution is -0.156. The highest BCUT2D eigenvalue weighted by Gasteiger charge is 2.88. The number of halogens is 8. The fraction of sp³-hybridized carbons (Fsp3) is 0.261. The lowest BCUT2D eigenvalue weighted by atomic mass is 9.84. The number of amides is 3. The fourth-order valence-electron chi connectivity index (χ4n) is 4.99. The number of carbonyl (C=O) groups is 3. The molecular weight excluding hydrogens is 680 g/mol. The Labute approximate surface area is 249 Å². The number of allylic oxidation sites excluding steroid dienone is 2.